The van der Waals surface area contributed by atoms with Gasteiger partial charge in [-0.15, -0.1) is 0 Å². The number of nitrogen functional groups attached to an aromatic ring is 1. The third kappa shape index (κ3) is 4.98. The molecular weight excluding hydrogens is 207 g/mol. The molecule has 3 N–H and O–H groups in total. The monoisotopic (exact) mass is 226 g/mol. The highest BCUT2D eigenvalue weighted by Gasteiger charge is 1.98. The molecule has 1 aromatic carbocycles. The smallest absolute Gasteiger partial charge is 0.127 e. The van der Waals surface area contributed by atoms with Gasteiger partial charge in [-0.25, -0.2) is 4.39 Å². The maximum atomic E-state index is 13.0. The lowest BCUT2D eigenvalue weighted by atomic mass is 10.2. The van der Waals surface area contributed by atoms with Gasteiger partial charge in [0.2, 0.25) is 0 Å². The Kier molecular flexibility index (Phi) is 5.05. The number of hydrogen-bond acceptors (Lipinski definition) is 3. The topological polar surface area (TPSA) is 47.3 Å². The van der Waals surface area contributed by atoms with Crippen molar-refractivity contribution in [1.29, 1.82) is 0 Å². The molecule has 0 atom stereocenters. The SMILES string of the molecule is CC(C)COCCNc1cc(N)cc(F)c1. The summed E-state index contributed by atoms with van der Waals surface area (Å²) in [6.45, 7) is 6.19. The molecule has 0 radical (unpaired) electrons. The van der Waals surface area contributed by atoms with Crippen molar-refractivity contribution in [2.45, 2.75) is 13.8 Å². The summed E-state index contributed by atoms with van der Waals surface area (Å²) in [5.41, 5.74) is 6.63. The highest BCUT2D eigenvalue weighted by molar-refractivity contribution is 5.54. The van der Waals surface area contributed by atoms with Crippen LogP contribution in [0.2, 0.25) is 0 Å². The zero-order valence-corrected chi connectivity index (χ0v) is 9.79. The van der Waals surface area contributed by atoms with E-state index in [1.807, 2.05) is 0 Å². The van der Waals surface area contributed by atoms with Crippen LogP contribution in [0.1, 0.15) is 13.8 Å². The van der Waals surface area contributed by atoms with Crippen molar-refractivity contribution >= 4 is 11.4 Å². The van der Waals surface area contributed by atoms with Crippen molar-refractivity contribution in [3.05, 3.63) is 24.0 Å². The number of nitrogens with one attached hydrogen (secondary N) is 1. The molecule has 4 heteroatoms. The number of halogens is 1. The maximum Gasteiger partial charge on any atom is 0.127 e. The minimum Gasteiger partial charge on any atom is -0.399 e. The van der Waals surface area contributed by atoms with Crippen molar-refractivity contribution in [2.75, 3.05) is 30.8 Å². The van der Waals surface area contributed by atoms with Gasteiger partial charge in [-0.05, 0) is 24.1 Å². The molecule has 0 aromatic heterocycles. The number of benzene rings is 1. The first-order valence-electron chi connectivity index (χ1n) is 5.45. The van der Waals surface area contributed by atoms with Gasteiger partial charge in [0, 0.05) is 24.5 Å². The van der Waals surface area contributed by atoms with Gasteiger partial charge in [0.1, 0.15) is 5.82 Å². The van der Waals surface area contributed by atoms with Gasteiger partial charge in [-0.1, -0.05) is 13.8 Å². The average Bonchev–Trinajstić information content (AvgIpc) is 2.15. The van der Waals surface area contributed by atoms with Crippen molar-refractivity contribution in [1.82, 2.24) is 0 Å². The summed E-state index contributed by atoms with van der Waals surface area (Å²) in [4.78, 5) is 0. The molecule has 0 saturated carbocycles. The first-order valence-corrected chi connectivity index (χ1v) is 5.45. The van der Waals surface area contributed by atoms with Crippen LogP contribution >= 0.6 is 0 Å². The first-order chi connectivity index (χ1) is 7.58. The van der Waals surface area contributed by atoms with Crippen LogP contribution in [0.5, 0.6) is 0 Å². The molecule has 0 aliphatic heterocycles. The number of rotatable bonds is 6. The third-order valence-corrected chi connectivity index (χ3v) is 1.95. The van der Waals surface area contributed by atoms with Crippen LogP contribution in [-0.2, 0) is 4.74 Å². The number of nitrogens with two attached hydrogens (primary N) is 1. The van der Waals surface area contributed by atoms with Gasteiger partial charge < -0.3 is 15.8 Å². The Hall–Kier alpha value is -1.29. The minimum atomic E-state index is -0.328. The molecule has 0 aliphatic carbocycles. The summed E-state index contributed by atoms with van der Waals surface area (Å²) in [6, 6.07) is 4.41. The summed E-state index contributed by atoms with van der Waals surface area (Å²) < 4.78 is 18.3. The fourth-order valence-electron chi connectivity index (χ4n) is 1.30. The second kappa shape index (κ2) is 6.33. The summed E-state index contributed by atoms with van der Waals surface area (Å²) in [7, 11) is 0. The molecule has 0 saturated heterocycles. The molecule has 0 aliphatic rings. The van der Waals surface area contributed by atoms with E-state index in [2.05, 4.69) is 19.2 Å². The number of anilines is 2. The predicted octanol–water partition coefficient (Wildman–Crippen LogP) is 2.49. The van der Waals surface area contributed by atoms with Gasteiger partial charge in [0.15, 0.2) is 0 Å². The second-order valence-corrected chi connectivity index (χ2v) is 4.17. The van der Waals surface area contributed by atoms with E-state index in [-0.39, 0.29) is 5.82 Å². The highest BCUT2D eigenvalue weighted by atomic mass is 19.1. The lowest BCUT2D eigenvalue weighted by molar-refractivity contribution is 0.118. The molecule has 1 aromatic rings. The summed E-state index contributed by atoms with van der Waals surface area (Å²) >= 11 is 0. The van der Waals surface area contributed by atoms with Crippen LogP contribution in [0.3, 0.4) is 0 Å². The van der Waals surface area contributed by atoms with E-state index >= 15 is 0 Å². The quantitative estimate of drug-likeness (QED) is 0.578. The van der Waals surface area contributed by atoms with Crippen molar-refractivity contribution in [2.24, 2.45) is 5.92 Å². The molecule has 3 nitrogen and oxygen atoms in total. The lowest BCUT2D eigenvalue weighted by Gasteiger charge is -2.09. The van der Waals surface area contributed by atoms with Gasteiger partial charge >= 0.3 is 0 Å². The van der Waals surface area contributed by atoms with Gasteiger partial charge in [-0.3, -0.25) is 0 Å². The lowest BCUT2D eigenvalue weighted by Crippen LogP contribution is -2.12. The average molecular weight is 226 g/mol. The normalized spacial score (nSPS) is 10.8. The fraction of sp³-hybridized carbons (Fsp3) is 0.500. The molecule has 0 unspecified atom stereocenters. The van der Waals surface area contributed by atoms with Gasteiger partial charge in [0.25, 0.3) is 0 Å². The van der Waals surface area contributed by atoms with Crippen LogP contribution < -0.4 is 11.1 Å². The summed E-state index contributed by atoms with van der Waals surface area (Å²) in [5.74, 6) is 0.204. The Morgan fingerprint density at radius 2 is 2.12 bits per heavy atom. The Labute approximate surface area is 95.8 Å². The van der Waals surface area contributed by atoms with Crippen molar-refractivity contribution in [3.63, 3.8) is 0 Å². The Balaban J connectivity index is 2.26. The molecule has 0 amide bonds. The summed E-state index contributed by atoms with van der Waals surface area (Å²) in [6.07, 6.45) is 0. The molecule has 0 bridgehead atoms. The van der Waals surface area contributed by atoms with Gasteiger partial charge in [0.05, 0.1) is 6.61 Å². The molecular formula is C12H19FN2O. The van der Waals surface area contributed by atoms with Crippen molar-refractivity contribution in [3.8, 4) is 0 Å². The Morgan fingerprint density at radius 3 is 2.75 bits per heavy atom. The standard InChI is InChI=1S/C12H19FN2O/c1-9(2)8-16-4-3-15-12-6-10(13)5-11(14)7-12/h5-7,9,15H,3-4,8,14H2,1-2H3. The Morgan fingerprint density at radius 1 is 1.38 bits per heavy atom. The van der Waals surface area contributed by atoms with E-state index in [1.54, 1.807) is 6.07 Å². The number of hydrogen-bond donors (Lipinski definition) is 2. The molecule has 0 fully saturated rings. The molecule has 90 valence electrons. The van der Waals surface area contributed by atoms with E-state index in [0.29, 0.717) is 30.4 Å². The molecule has 0 spiro atoms. The van der Waals surface area contributed by atoms with Crippen LogP contribution in [0.4, 0.5) is 15.8 Å². The van der Waals surface area contributed by atoms with E-state index in [0.717, 1.165) is 6.61 Å². The predicted molar refractivity (Wildman–Crippen MR) is 65.0 cm³/mol. The number of ether oxygens (including phenoxy) is 1. The van der Waals surface area contributed by atoms with E-state index in [1.165, 1.54) is 12.1 Å². The minimum absolute atomic E-state index is 0.328. The largest absolute Gasteiger partial charge is 0.399 e. The zero-order chi connectivity index (χ0) is 12.0. The van der Waals surface area contributed by atoms with E-state index in [9.17, 15) is 4.39 Å². The van der Waals surface area contributed by atoms with Crippen molar-refractivity contribution < 1.29 is 9.13 Å². The molecule has 1 rings (SSSR count). The molecule has 16 heavy (non-hydrogen) atoms. The highest BCUT2D eigenvalue weighted by Crippen LogP contribution is 2.14. The van der Waals surface area contributed by atoms with Gasteiger partial charge in [-0.2, -0.15) is 0 Å². The fourth-order valence-corrected chi connectivity index (χ4v) is 1.30. The third-order valence-electron chi connectivity index (χ3n) is 1.95. The Bertz CT molecular complexity index is 309. The van der Waals surface area contributed by atoms with Crippen LogP contribution in [0.25, 0.3) is 0 Å². The first kappa shape index (κ1) is 12.8. The van der Waals surface area contributed by atoms with Crippen LogP contribution in [0.15, 0.2) is 18.2 Å². The van der Waals surface area contributed by atoms with E-state index < -0.39 is 0 Å². The maximum absolute atomic E-state index is 13.0. The van der Waals surface area contributed by atoms with E-state index in [4.69, 9.17) is 10.5 Å². The summed E-state index contributed by atoms with van der Waals surface area (Å²) in [5, 5.41) is 3.06. The van der Waals surface area contributed by atoms with Crippen LogP contribution in [0, 0.1) is 11.7 Å². The second-order valence-electron chi connectivity index (χ2n) is 4.17. The molecule has 0 heterocycles. The zero-order valence-electron chi connectivity index (χ0n) is 9.79. The van der Waals surface area contributed by atoms with Crippen LogP contribution in [-0.4, -0.2) is 19.8 Å².